The van der Waals surface area contributed by atoms with E-state index in [0.29, 0.717) is 18.4 Å². The summed E-state index contributed by atoms with van der Waals surface area (Å²) in [5.74, 6) is 3.47. The first kappa shape index (κ1) is 11.8. The van der Waals surface area contributed by atoms with Crippen molar-refractivity contribution in [3.05, 3.63) is 22.8 Å². The number of fused-ring (bicyclic) bond motifs is 5. The van der Waals surface area contributed by atoms with Crippen LogP contribution in [0, 0.1) is 0 Å². The minimum Gasteiger partial charge on any atom is -0.496 e. The molecule has 0 aliphatic heterocycles. The monoisotopic (exact) mass is 247 g/mol. The van der Waals surface area contributed by atoms with E-state index >= 15 is 0 Å². The van der Waals surface area contributed by atoms with Crippen LogP contribution in [0.25, 0.3) is 0 Å². The second kappa shape index (κ2) is 4.47. The van der Waals surface area contributed by atoms with Crippen LogP contribution in [0.2, 0.25) is 0 Å². The Bertz CT molecular complexity index is 470. The van der Waals surface area contributed by atoms with Gasteiger partial charge in [0.05, 0.1) is 14.2 Å². The predicted octanol–water partition coefficient (Wildman–Crippen LogP) is 2.57. The van der Waals surface area contributed by atoms with E-state index < -0.39 is 0 Å². The number of hydrogen-bond donors (Lipinski definition) is 1. The standard InChI is InChI=1S/C15H21NO2/c1-17-12-8-11(5-6-16)15(18-2)14-10-4-3-9(7-10)13(12)14/h8-10H,3-7,16H2,1-2H3. The molecule has 0 radical (unpaired) electrons. The van der Waals surface area contributed by atoms with Gasteiger partial charge in [0, 0.05) is 11.1 Å². The molecule has 2 aliphatic carbocycles. The summed E-state index contributed by atoms with van der Waals surface area (Å²) in [7, 11) is 3.54. The van der Waals surface area contributed by atoms with Crippen LogP contribution < -0.4 is 15.2 Å². The maximum absolute atomic E-state index is 5.70. The summed E-state index contributed by atoms with van der Waals surface area (Å²) in [5, 5.41) is 0. The quantitative estimate of drug-likeness (QED) is 0.889. The molecular formula is C15H21NO2. The Morgan fingerprint density at radius 2 is 1.89 bits per heavy atom. The van der Waals surface area contributed by atoms with Crippen LogP contribution in [0.5, 0.6) is 11.5 Å². The molecule has 98 valence electrons. The zero-order valence-electron chi connectivity index (χ0n) is 11.2. The molecule has 0 saturated heterocycles. The topological polar surface area (TPSA) is 44.5 Å². The van der Waals surface area contributed by atoms with Crippen molar-refractivity contribution >= 4 is 0 Å². The lowest BCUT2D eigenvalue weighted by Crippen LogP contribution is -2.09. The molecule has 3 heteroatoms. The van der Waals surface area contributed by atoms with Crippen LogP contribution in [0.15, 0.2) is 6.07 Å². The third-order valence-corrected chi connectivity index (χ3v) is 4.48. The van der Waals surface area contributed by atoms with Crippen molar-refractivity contribution in [2.45, 2.75) is 37.5 Å². The summed E-state index contributed by atoms with van der Waals surface area (Å²) < 4.78 is 11.3. The van der Waals surface area contributed by atoms with Crippen molar-refractivity contribution in [3.63, 3.8) is 0 Å². The van der Waals surface area contributed by atoms with E-state index in [0.717, 1.165) is 17.9 Å². The minimum atomic E-state index is 0.645. The number of nitrogens with two attached hydrogens (primary N) is 1. The Hall–Kier alpha value is -1.22. The fourth-order valence-electron chi connectivity index (χ4n) is 3.81. The van der Waals surface area contributed by atoms with E-state index in [1.807, 2.05) is 0 Å². The number of hydrogen-bond acceptors (Lipinski definition) is 3. The molecule has 2 aliphatic rings. The third-order valence-electron chi connectivity index (χ3n) is 4.48. The van der Waals surface area contributed by atoms with Gasteiger partial charge in [-0.1, -0.05) is 0 Å². The van der Waals surface area contributed by atoms with Gasteiger partial charge in [-0.15, -0.1) is 0 Å². The second-order valence-corrected chi connectivity index (χ2v) is 5.34. The van der Waals surface area contributed by atoms with Crippen molar-refractivity contribution in [1.29, 1.82) is 0 Å². The Kier molecular flexibility index (Phi) is 2.94. The summed E-state index contributed by atoms with van der Waals surface area (Å²) in [6.45, 7) is 0.645. The lowest BCUT2D eigenvalue weighted by Gasteiger charge is -2.23. The van der Waals surface area contributed by atoms with Crippen LogP contribution >= 0.6 is 0 Å². The number of rotatable bonds is 4. The van der Waals surface area contributed by atoms with Gasteiger partial charge in [-0.25, -0.2) is 0 Å². The molecule has 2 atom stereocenters. The van der Waals surface area contributed by atoms with Crippen molar-refractivity contribution in [2.24, 2.45) is 5.73 Å². The molecule has 0 spiro atoms. The Labute approximate surface area is 108 Å². The van der Waals surface area contributed by atoms with Crippen LogP contribution in [-0.2, 0) is 6.42 Å². The van der Waals surface area contributed by atoms with E-state index in [2.05, 4.69) is 6.07 Å². The maximum Gasteiger partial charge on any atom is 0.126 e. The fourth-order valence-corrected chi connectivity index (χ4v) is 3.81. The highest BCUT2D eigenvalue weighted by atomic mass is 16.5. The maximum atomic E-state index is 5.70. The van der Waals surface area contributed by atoms with Crippen molar-refractivity contribution in [1.82, 2.24) is 0 Å². The third kappa shape index (κ3) is 1.53. The summed E-state index contributed by atoms with van der Waals surface area (Å²) in [6, 6.07) is 2.13. The van der Waals surface area contributed by atoms with Gasteiger partial charge in [0.2, 0.25) is 0 Å². The van der Waals surface area contributed by atoms with Crippen molar-refractivity contribution < 1.29 is 9.47 Å². The molecule has 1 aromatic rings. The molecule has 3 rings (SSSR count). The highest BCUT2D eigenvalue weighted by molar-refractivity contribution is 5.60. The normalized spacial score (nSPS) is 24.2. The molecule has 2 unspecified atom stereocenters. The Morgan fingerprint density at radius 1 is 1.17 bits per heavy atom. The van der Waals surface area contributed by atoms with E-state index in [9.17, 15) is 0 Å². The average molecular weight is 247 g/mol. The van der Waals surface area contributed by atoms with Gasteiger partial charge in [-0.2, -0.15) is 0 Å². The molecule has 2 N–H and O–H groups in total. The Morgan fingerprint density at radius 3 is 2.50 bits per heavy atom. The molecule has 1 fully saturated rings. The molecule has 18 heavy (non-hydrogen) atoms. The Balaban J connectivity index is 2.19. The van der Waals surface area contributed by atoms with Gasteiger partial charge in [0.25, 0.3) is 0 Å². The molecule has 2 bridgehead atoms. The molecule has 0 amide bonds. The minimum absolute atomic E-state index is 0.645. The van der Waals surface area contributed by atoms with Gasteiger partial charge < -0.3 is 15.2 Å². The largest absolute Gasteiger partial charge is 0.496 e. The number of ether oxygens (including phenoxy) is 2. The first-order valence-electron chi connectivity index (χ1n) is 6.77. The fraction of sp³-hybridized carbons (Fsp3) is 0.600. The molecule has 0 aromatic heterocycles. The van der Waals surface area contributed by atoms with Gasteiger partial charge in [-0.05, 0) is 55.7 Å². The number of methoxy groups -OCH3 is 2. The first-order chi connectivity index (χ1) is 8.80. The van der Waals surface area contributed by atoms with Crippen LogP contribution in [-0.4, -0.2) is 20.8 Å². The zero-order valence-corrected chi connectivity index (χ0v) is 11.2. The van der Waals surface area contributed by atoms with E-state index in [1.165, 1.54) is 36.0 Å². The highest BCUT2D eigenvalue weighted by Gasteiger charge is 2.41. The summed E-state index contributed by atoms with van der Waals surface area (Å²) in [4.78, 5) is 0. The number of benzene rings is 1. The summed E-state index contributed by atoms with van der Waals surface area (Å²) in [6.07, 6.45) is 4.72. The average Bonchev–Trinajstić information content (AvgIpc) is 2.99. The summed E-state index contributed by atoms with van der Waals surface area (Å²) in [5.41, 5.74) is 9.72. The van der Waals surface area contributed by atoms with Gasteiger partial charge in [-0.3, -0.25) is 0 Å². The molecule has 3 nitrogen and oxygen atoms in total. The molecule has 0 heterocycles. The van der Waals surface area contributed by atoms with E-state index in [-0.39, 0.29) is 0 Å². The van der Waals surface area contributed by atoms with Crippen molar-refractivity contribution in [3.8, 4) is 11.5 Å². The van der Waals surface area contributed by atoms with Gasteiger partial charge in [0.1, 0.15) is 11.5 Å². The van der Waals surface area contributed by atoms with Gasteiger partial charge in [0.15, 0.2) is 0 Å². The molecule has 1 aromatic carbocycles. The van der Waals surface area contributed by atoms with Crippen molar-refractivity contribution in [2.75, 3.05) is 20.8 Å². The lowest BCUT2D eigenvalue weighted by atomic mass is 9.88. The van der Waals surface area contributed by atoms with Crippen LogP contribution in [0.4, 0.5) is 0 Å². The SMILES string of the molecule is COc1cc(CCN)c(OC)c2c1C1CCC2C1. The predicted molar refractivity (Wildman–Crippen MR) is 71.6 cm³/mol. The highest BCUT2D eigenvalue weighted by Crippen LogP contribution is 2.59. The first-order valence-corrected chi connectivity index (χ1v) is 6.77. The van der Waals surface area contributed by atoms with Gasteiger partial charge >= 0.3 is 0 Å². The second-order valence-electron chi connectivity index (χ2n) is 5.34. The van der Waals surface area contributed by atoms with Crippen LogP contribution in [0.1, 0.15) is 47.8 Å². The van der Waals surface area contributed by atoms with E-state index in [1.54, 1.807) is 14.2 Å². The van der Waals surface area contributed by atoms with E-state index in [4.69, 9.17) is 15.2 Å². The zero-order chi connectivity index (χ0) is 12.7. The molecule has 1 saturated carbocycles. The lowest BCUT2D eigenvalue weighted by molar-refractivity contribution is 0.387. The molecular weight excluding hydrogens is 226 g/mol. The summed E-state index contributed by atoms with van der Waals surface area (Å²) >= 11 is 0. The van der Waals surface area contributed by atoms with Crippen LogP contribution in [0.3, 0.4) is 0 Å². The smallest absolute Gasteiger partial charge is 0.126 e.